The molecular weight excluding hydrogens is 592 g/mol. The molecule has 12 heteroatoms. The molecule has 170 valence electrons. The summed E-state index contributed by atoms with van der Waals surface area (Å²) >= 11 is 6.83. The maximum absolute atomic E-state index is 11.1. The zero-order chi connectivity index (χ0) is 23.5. The first-order chi connectivity index (χ1) is 14.9. The van der Waals surface area contributed by atoms with Gasteiger partial charge in [0.05, 0.1) is 18.7 Å². The van der Waals surface area contributed by atoms with Crippen LogP contribution in [0.5, 0.6) is 11.5 Å². The van der Waals surface area contributed by atoms with Crippen LogP contribution in [0.15, 0.2) is 79.4 Å². The van der Waals surface area contributed by atoms with Crippen LogP contribution in [0.4, 0.5) is 0 Å². The summed E-state index contributed by atoms with van der Waals surface area (Å²) in [6, 6.07) is 14.7. The fourth-order valence-corrected chi connectivity index (χ4v) is 4.40. The molecule has 0 fully saturated rings. The van der Waals surface area contributed by atoms with Crippen LogP contribution < -0.4 is 9.47 Å². The first-order valence-electron chi connectivity index (χ1n) is 8.81. The summed E-state index contributed by atoms with van der Waals surface area (Å²) in [7, 11) is -8.49. The van der Waals surface area contributed by atoms with Gasteiger partial charge in [-0.1, -0.05) is 24.3 Å². The molecule has 32 heavy (non-hydrogen) atoms. The average Bonchev–Trinajstić information content (AvgIpc) is 2.72. The molecule has 3 aromatic carbocycles. The van der Waals surface area contributed by atoms with E-state index in [2.05, 4.69) is 31.9 Å². The van der Waals surface area contributed by atoms with Crippen molar-refractivity contribution in [2.24, 2.45) is 0 Å². The van der Waals surface area contributed by atoms with Gasteiger partial charge in [-0.25, -0.2) is 0 Å². The number of halogens is 2. The Bertz CT molecular complexity index is 1220. The Morgan fingerprint density at radius 1 is 0.625 bits per heavy atom. The molecule has 3 aromatic rings. The molecule has 0 bridgehead atoms. The third-order valence-corrected chi connectivity index (χ3v) is 7.19. The topological polar surface area (TPSA) is 127 Å². The van der Waals surface area contributed by atoms with Gasteiger partial charge in [-0.3, -0.25) is 9.11 Å². The van der Waals surface area contributed by atoms with Crippen LogP contribution >= 0.6 is 31.9 Å². The summed E-state index contributed by atoms with van der Waals surface area (Å²) in [5.41, 5.74) is 1.41. The second-order valence-electron chi connectivity index (χ2n) is 6.53. The first-order valence-corrected chi connectivity index (χ1v) is 13.3. The van der Waals surface area contributed by atoms with Crippen molar-refractivity contribution in [2.75, 3.05) is 0 Å². The Balaban J connectivity index is 1.64. The van der Waals surface area contributed by atoms with Crippen molar-refractivity contribution < 1.29 is 35.4 Å². The second-order valence-corrected chi connectivity index (χ2v) is 11.1. The molecule has 0 radical (unpaired) electrons. The van der Waals surface area contributed by atoms with E-state index < -0.39 is 20.2 Å². The Hall–Kier alpha value is -1.96. The van der Waals surface area contributed by atoms with Gasteiger partial charge in [0.25, 0.3) is 20.2 Å². The Morgan fingerprint density at radius 2 is 0.938 bits per heavy atom. The Morgan fingerprint density at radius 3 is 1.22 bits per heavy atom. The smallest absolute Gasteiger partial charge is 0.294 e. The molecule has 0 spiro atoms. The minimum atomic E-state index is -4.24. The highest BCUT2D eigenvalue weighted by Crippen LogP contribution is 2.37. The highest BCUT2D eigenvalue weighted by atomic mass is 79.9. The van der Waals surface area contributed by atoms with E-state index >= 15 is 0 Å². The largest absolute Gasteiger partial charge is 0.488 e. The van der Waals surface area contributed by atoms with Crippen LogP contribution in [0.1, 0.15) is 11.1 Å². The number of ether oxygens (including phenoxy) is 2. The molecule has 2 N–H and O–H groups in total. The highest BCUT2D eigenvalue weighted by Gasteiger charge is 2.12. The van der Waals surface area contributed by atoms with E-state index in [-0.39, 0.29) is 23.0 Å². The molecule has 0 heterocycles. The molecule has 0 aliphatic rings. The van der Waals surface area contributed by atoms with Gasteiger partial charge in [-0.15, -0.1) is 0 Å². The van der Waals surface area contributed by atoms with Crippen molar-refractivity contribution in [2.45, 2.75) is 23.0 Å². The van der Waals surface area contributed by atoms with Crippen LogP contribution in [-0.2, 0) is 33.5 Å². The summed E-state index contributed by atoms with van der Waals surface area (Å²) in [5.74, 6) is 1.03. The predicted molar refractivity (Wildman–Crippen MR) is 123 cm³/mol. The van der Waals surface area contributed by atoms with Crippen molar-refractivity contribution in [1.82, 2.24) is 0 Å². The maximum Gasteiger partial charge on any atom is 0.294 e. The second kappa shape index (κ2) is 9.89. The fraction of sp³-hybridized carbons (Fsp3) is 0.100. The number of rotatable bonds is 8. The van der Waals surface area contributed by atoms with Gasteiger partial charge in [-0.05, 0) is 79.4 Å². The van der Waals surface area contributed by atoms with Crippen molar-refractivity contribution in [3.8, 4) is 11.5 Å². The van der Waals surface area contributed by atoms with Gasteiger partial charge in [0.2, 0.25) is 0 Å². The lowest BCUT2D eigenvalue weighted by atomic mass is 10.2. The number of hydrogen-bond donors (Lipinski definition) is 2. The van der Waals surface area contributed by atoms with Crippen molar-refractivity contribution in [3.05, 3.63) is 80.7 Å². The van der Waals surface area contributed by atoms with E-state index in [1.807, 2.05) is 0 Å². The third kappa shape index (κ3) is 6.53. The van der Waals surface area contributed by atoms with E-state index in [1.165, 1.54) is 48.5 Å². The lowest BCUT2D eigenvalue weighted by molar-refractivity contribution is 0.294. The molecule has 8 nitrogen and oxygen atoms in total. The van der Waals surface area contributed by atoms with Crippen LogP contribution in [0, 0.1) is 0 Å². The Labute approximate surface area is 201 Å². The van der Waals surface area contributed by atoms with Gasteiger partial charge in [0.15, 0.2) is 0 Å². The summed E-state index contributed by atoms with van der Waals surface area (Å²) in [6.07, 6.45) is 0. The minimum Gasteiger partial charge on any atom is -0.488 e. The van der Waals surface area contributed by atoms with Crippen molar-refractivity contribution in [1.29, 1.82) is 0 Å². The van der Waals surface area contributed by atoms with Crippen LogP contribution in [0.2, 0.25) is 0 Å². The van der Waals surface area contributed by atoms with Crippen LogP contribution in [0.25, 0.3) is 0 Å². The summed E-state index contributed by atoms with van der Waals surface area (Å²) in [5, 5.41) is 0. The van der Waals surface area contributed by atoms with Gasteiger partial charge >= 0.3 is 0 Å². The fourth-order valence-electron chi connectivity index (χ4n) is 2.57. The van der Waals surface area contributed by atoms with Gasteiger partial charge in [0, 0.05) is 0 Å². The molecule has 0 saturated carbocycles. The SMILES string of the molecule is O=S(=O)(O)c1ccc(COc2cc(Br)c(OCc3ccc(S(=O)(=O)O)cc3)cc2Br)cc1. The molecule has 3 rings (SSSR count). The number of benzene rings is 3. The zero-order valence-corrected chi connectivity index (χ0v) is 20.9. The van der Waals surface area contributed by atoms with Crippen LogP contribution in [-0.4, -0.2) is 25.9 Å². The molecule has 0 saturated heterocycles. The standard InChI is InChI=1S/C20H16Br2O8S2/c21-17-10-20(30-12-14-3-7-16(8-4-14)32(26,27)28)18(22)9-19(17)29-11-13-1-5-15(6-2-13)31(23,24)25/h1-10H,11-12H2,(H,23,24,25)(H,26,27,28). The lowest BCUT2D eigenvalue weighted by Gasteiger charge is -2.13. The summed E-state index contributed by atoms with van der Waals surface area (Å²) in [6.45, 7) is 0.328. The molecule has 0 aromatic heterocycles. The normalized spacial score (nSPS) is 11.9. The lowest BCUT2D eigenvalue weighted by Crippen LogP contribution is -2.01. The van der Waals surface area contributed by atoms with Crippen molar-refractivity contribution >= 4 is 52.1 Å². The van der Waals surface area contributed by atoms with E-state index in [0.717, 1.165) is 0 Å². The molecule has 0 aliphatic heterocycles. The van der Waals surface area contributed by atoms with Gasteiger partial charge < -0.3 is 9.47 Å². The zero-order valence-electron chi connectivity index (χ0n) is 16.1. The van der Waals surface area contributed by atoms with Gasteiger partial charge in [0.1, 0.15) is 24.7 Å². The molecule has 0 unspecified atom stereocenters. The van der Waals surface area contributed by atoms with Crippen molar-refractivity contribution in [3.63, 3.8) is 0 Å². The summed E-state index contributed by atoms with van der Waals surface area (Å²) < 4.78 is 75.2. The molecular formula is C20H16Br2O8S2. The molecule has 0 amide bonds. The first kappa shape index (κ1) is 24.7. The Kier molecular flexibility index (Phi) is 7.63. The van der Waals surface area contributed by atoms with Gasteiger partial charge in [-0.2, -0.15) is 16.8 Å². The highest BCUT2D eigenvalue weighted by molar-refractivity contribution is 9.11. The minimum absolute atomic E-state index is 0.164. The van der Waals surface area contributed by atoms with E-state index in [1.54, 1.807) is 12.1 Å². The van der Waals surface area contributed by atoms with E-state index in [9.17, 15) is 16.8 Å². The monoisotopic (exact) mass is 606 g/mol. The van der Waals surface area contributed by atoms with Crippen LogP contribution in [0.3, 0.4) is 0 Å². The maximum atomic E-state index is 11.1. The summed E-state index contributed by atoms with van der Waals surface area (Å²) in [4.78, 5) is -0.390. The molecule has 0 atom stereocenters. The number of hydrogen-bond acceptors (Lipinski definition) is 6. The van der Waals surface area contributed by atoms with E-state index in [4.69, 9.17) is 18.6 Å². The average molecular weight is 608 g/mol. The predicted octanol–water partition coefficient (Wildman–Crippen LogP) is 4.86. The molecule has 0 aliphatic carbocycles. The third-order valence-electron chi connectivity index (χ3n) is 4.22. The quantitative estimate of drug-likeness (QED) is 0.348. The van der Waals surface area contributed by atoms with E-state index in [0.29, 0.717) is 31.6 Å².